The van der Waals surface area contributed by atoms with Crippen molar-refractivity contribution >= 4 is 23.4 Å². The number of ether oxygens (including phenoxy) is 1. The molecule has 0 aliphatic carbocycles. The number of thioether (sulfide) groups is 1. The number of halogens is 1. The van der Waals surface area contributed by atoms with Crippen molar-refractivity contribution in [2.24, 2.45) is 0 Å². The van der Waals surface area contributed by atoms with Crippen molar-refractivity contribution in [3.05, 3.63) is 53.8 Å². The number of rotatable bonds is 5. The number of hydrogen-bond donors (Lipinski definition) is 1. The van der Waals surface area contributed by atoms with Crippen LogP contribution in [0.3, 0.4) is 0 Å². The van der Waals surface area contributed by atoms with Crippen molar-refractivity contribution in [2.45, 2.75) is 11.8 Å². The zero-order valence-corrected chi connectivity index (χ0v) is 12.6. The predicted octanol–water partition coefficient (Wildman–Crippen LogP) is 3.72. The largest absolute Gasteiger partial charge is 0.481 e. The topological polar surface area (TPSA) is 62.1 Å². The minimum atomic E-state index is -0.510. The Kier molecular flexibility index (Phi) is 5.39. The first kappa shape index (κ1) is 15.9. The standard InChI is InChI=1S/C16H13FN2O2S/c1-11-8-12(22-10-18)6-7-14(11)19-16(20)9-21-15-5-3-2-4-13(15)17/h2-8H,9H2,1H3,(H,19,20). The van der Waals surface area contributed by atoms with Crippen LogP contribution in [0.25, 0.3) is 0 Å². The minimum Gasteiger partial charge on any atom is -0.481 e. The molecule has 0 saturated heterocycles. The summed E-state index contributed by atoms with van der Waals surface area (Å²) in [7, 11) is 0. The molecule has 22 heavy (non-hydrogen) atoms. The van der Waals surface area contributed by atoms with Crippen LogP contribution in [0.5, 0.6) is 5.75 Å². The van der Waals surface area contributed by atoms with Crippen molar-refractivity contribution in [1.29, 1.82) is 5.26 Å². The average Bonchev–Trinajstić information content (AvgIpc) is 2.49. The van der Waals surface area contributed by atoms with E-state index in [-0.39, 0.29) is 18.3 Å². The van der Waals surface area contributed by atoms with Gasteiger partial charge in [0.15, 0.2) is 18.2 Å². The van der Waals surface area contributed by atoms with Crippen LogP contribution in [0.1, 0.15) is 5.56 Å². The van der Waals surface area contributed by atoms with Crippen LogP contribution in [0.15, 0.2) is 47.4 Å². The Morgan fingerprint density at radius 3 is 2.82 bits per heavy atom. The maximum atomic E-state index is 13.4. The quantitative estimate of drug-likeness (QED) is 0.674. The Morgan fingerprint density at radius 1 is 1.36 bits per heavy atom. The summed E-state index contributed by atoms with van der Waals surface area (Å²) < 4.78 is 18.5. The summed E-state index contributed by atoms with van der Waals surface area (Å²) in [4.78, 5) is 12.6. The third-order valence-corrected chi connectivity index (χ3v) is 3.41. The molecule has 0 heterocycles. The molecule has 0 fully saturated rings. The van der Waals surface area contributed by atoms with E-state index in [1.54, 1.807) is 30.3 Å². The summed E-state index contributed by atoms with van der Waals surface area (Å²) in [6.45, 7) is 1.55. The summed E-state index contributed by atoms with van der Waals surface area (Å²) in [6, 6.07) is 11.2. The van der Waals surface area contributed by atoms with Gasteiger partial charge >= 0.3 is 0 Å². The van der Waals surface area contributed by atoms with Crippen molar-refractivity contribution in [1.82, 2.24) is 0 Å². The third-order valence-electron chi connectivity index (χ3n) is 2.83. The molecular formula is C16H13FN2O2S. The minimum absolute atomic E-state index is 0.0372. The molecule has 2 aromatic rings. The van der Waals surface area contributed by atoms with Crippen molar-refractivity contribution in [2.75, 3.05) is 11.9 Å². The molecule has 0 atom stereocenters. The van der Waals surface area contributed by atoms with E-state index in [1.165, 1.54) is 12.1 Å². The van der Waals surface area contributed by atoms with Crippen LogP contribution in [0.4, 0.5) is 10.1 Å². The molecule has 0 spiro atoms. The molecule has 0 aliphatic heterocycles. The SMILES string of the molecule is Cc1cc(SC#N)ccc1NC(=O)COc1ccccc1F. The monoisotopic (exact) mass is 316 g/mol. The van der Waals surface area contributed by atoms with Gasteiger partial charge in [0.1, 0.15) is 5.40 Å². The number of aryl methyl sites for hydroxylation is 1. The molecule has 0 saturated carbocycles. The van der Waals surface area contributed by atoms with E-state index in [9.17, 15) is 9.18 Å². The third kappa shape index (κ3) is 4.24. The molecular weight excluding hydrogens is 303 g/mol. The molecule has 4 nitrogen and oxygen atoms in total. The highest BCUT2D eigenvalue weighted by Gasteiger charge is 2.08. The Labute approximate surface area is 131 Å². The Hall–Kier alpha value is -2.52. The lowest BCUT2D eigenvalue weighted by molar-refractivity contribution is -0.118. The summed E-state index contributed by atoms with van der Waals surface area (Å²) in [6.07, 6.45) is 0. The molecule has 2 aromatic carbocycles. The van der Waals surface area contributed by atoms with Crippen LogP contribution < -0.4 is 10.1 Å². The number of para-hydroxylation sites is 1. The highest BCUT2D eigenvalue weighted by atomic mass is 32.2. The fourth-order valence-corrected chi connectivity index (χ4v) is 2.26. The number of nitriles is 1. The first-order valence-corrected chi connectivity index (χ1v) is 7.25. The molecule has 112 valence electrons. The van der Waals surface area contributed by atoms with Crippen LogP contribution >= 0.6 is 11.8 Å². The summed E-state index contributed by atoms with van der Waals surface area (Å²) in [5.41, 5.74) is 1.46. The molecule has 0 bridgehead atoms. The average molecular weight is 316 g/mol. The number of carbonyl (C=O) groups excluding carboxylic acids is 1. The van der Waals surface area contributed by atoms with Gasteiger partial charge in [-0.3, -0.25) is 4.79 Å². The second-order valence-electron chi connectivity index (χ2n) is 4.44. The number of benzene rings is 2. The Balaban J connectivity index is 1.95. The van der Waals surface area contributed by atoms with E-state index in [0.717, 1.165) is 22.2 Å². The maximum Gasteiger partial charge on any atom is 0.262 e. The number of anilines is 1. The van der Waals surface area contributed by atoms with Crippen molar-refractivity contribution < 1.29 is 13.9 Å². The van der Waals surface area contributed by atoms with Crippen LogP contribution in [0.2, 0.25) is 0 Å². The summed E-state index contributed by atoms with van der Waals surface area (Å²) in [5.74, 6) is -0.855. The molecule has 1 N–H and O–H groups in total. The zero-order chi connectivity index (χ0) is 15.9. The fourth-order valence-electron chi connectivity index (χ4n) is 1.78. The van der Waals surface area contributed by atoms with Gasteiger partial charge in [0.2, 0.25) is 0 Å². The van der Waals surface area contributed by atoms with Gasteiger partial charge in [-0.25, -0.2) is 4.39 Å². The van der Waals surface area contributed by atoms with Crippen LogP contribution in [-0.4, -0.2) is 12.5 Å². The van der Waals surface area contributed by atoms with E-state index in [2.05, 4.69) is 5.32 Å². The number of hydrogen-bond acceptors (Lipinski definition) is 4. The Bertz CT molecular complexity index is 728. The fraction of sp³-hybridized carbons (Fsp3) is 0.125. The predicted molar refractivity (Wildman–Crippen MR) is 83.2 cm³/mol. The van der Waals surface area contributed by atoms with E-state index in [0.29, 0.717) is 5.69 Å². The number of nitrogens with zero attached hydrogens (tertiary/aromatic N) is 1. The van der Waals surface area contributed by atoms with E-state index < -0.39 is 5.82 Å². The van der Waals surface area contributed by atoms with Crippen LogP contribution in [0, 0.1) is 23.4 Å². The molecule has 2 rings (SSSR count). The second-order valence-corrected chi connectivity index (χ2v) is 5.30. The highest BCUT2D eigenvalue weighted by Crippen LogP contribution is 2.23. The van der Waals surface area contributed by atoms with E-state index in [4.69, 9.17) is 10.00 Å². The molecule has 0 aliphatic rings. The molecule has 0 unspecified atom stereocenters. The molecule has 0 aromatic heterocycles. The molecule has 0 radical (unpaired) electrons. The van der Waals surface area contributed by atoms with Crippen molar-refractivity contribution in [3.63, 3.8) is 0 Å². The van der Waals surface area contributed by atoms with E-state index >= 15 is 0 Å². The van der Waals surface area contributed by atoms with Gasteiger partial charge in [-0.1, -0.05) is 12.1 Å². The first-order valence-electron chi connectivity index (χ1n) is 6.44. The zero-order valence-electron chi connectivity index (χ0n) is 11.8. The normalized spacial score (nSPS) is 9.86. The summed E-state index contributed by atoms with van der Waals surface area (Å²) >= 11 is 1.05. The lowest BCUT2D eigenvalue weighted by Crippen LogP contribution is -2.20. The first-order chi connectivity index (χ1) is 10.6. The molecule has 6 heteroatoms. The van der Waals surface area contributed by atoms with E-state index in [1.807, 2.05) is 12.3 Å². The van der Waals surface area contributed by atoms with Gasteiger partial charge in [0, 0.05) is 10.6 Å². The number of carbonyl (C=O) groups is 1. The number of amides is 1. The van der Waals surface area contributed by atoms with Gasteiger partial charge < -0.3 is 10.1 Å². The van der Waals surface area contributed by atoms with Gasteiger partial charge in [-0.2, -0.15) is 5.26 Å². The van der Waals surface area contributed by atoms with Gasteiger partial charge in [0.05, 0.1) is 0 Å². The maximum absolute atomic E-state index is 13.4. The van der Waals surface area contributed by atoms with Gasteiger partial charge in [0.25, 0.3) is 5.91 Å². The summed E-state index contributed by atoms with van der Waals surface area (Å²) in [5, 5.41) is 13.3. The number of nitrogens with one attached hydrogen (secondary N) is 1. The second kappa shape index (κ2) is 7.48. The van der Waals surface area contributed by atoms with Gasteiger partial charge in [-0.05, 0) is 54.6 Å². The lowest BCUT2D eigenvalue weighted by Gasteiger charge is -2.10. The Morgan fingerprint density at radius 2 is 2.14 bits per heavy atom. The highest BCUT2D eigenvalue weighted by molar-refractivity contribution is 8.03. The lowest BCUT2D eigenvalue weighted by atomic mass is 10.2. The van der Waals surface area contributed by atoms with Gasteiger partial charge in [-0.15, -0.1) is 0 Å². The smallest absolute Gasteiger partial charge is 0.262 e. The number of thiocyanates is 1. The van der Waals surface area contributed by atoms with Crippen molar-refractivity contribution in [3.8, 4) is 11.2 Å². The molecule has 1 amide bonds. The van der Waals surface area contributed by atoms with Crippen LogP contribution in [-0.2, 0) is 4.79 Å².